The van der Waals surface area contributed by atoms with Crippen molar-refractivity contribution in [3.8, 4) is 6.07 Å². The molecule has 1 unspecified atom stereocenters. The predicted octanol–water partition coefficient (Wildman–Crippen LogP) is 3.71. The fourth-order valence-electron chi connectivity index (χ4n) is 5.55. The highest BCUT2D eigenvalue weighted by molar-refractivity contribution is 5.93. The number of aromatic nitrogens is 4. The van der Waals surface area contributed by atoms with Gasteiger partial charge in [0.05, 0.1) is 42.9 Å². The van der Waals surface area contributed by atoms with Crippen LogP contribution in [0.1, 0.15) is 40.9 Å². The average molecular weight is 606 g/mol. The van der Waals surface area contributed by atoms with Gasteiger partial charge < -0.3 is 9.84 Å². The van der Waals surface area contributed by atoms with E-state index in [1.807, 2.05) is 29.0 Å². The molecule has 5 rings (SSSR count). The number of alkyl halides is 3. The number of aryl methyl sites for hydroxylation is 2. The predicted molar refractivity (Wildman–Crippen MR) is 152 cm³/mol. The lowest BCUT2D eigenvalue weighted by Crippen LogP contribution is -2.40. The molecule has 1 atom stereocenters. The van der Waals surface area contributed by atoms with E-state index in [4.69, 9.17) is 4.74 Å². The molecule has 0 amide bonds. The maximum atomic E-state index is 13.6. The number of esters is 1. The molecule has 2 aromatic heterocycles. The fourth-order valence-corrected chi connectivity index (χ4v) is 5.55. The summed E-state index contributed by atoms with van der Waals surface area (Å²) >= 11 is 0. The highest BCUT2D eigenvalue weighted by Crippen LogP contribution is 2.43. The van der Waals surface area contributed by atoms with Gasteiger partial charge in [-0.2, -0.15) is 18.4 Å². The van der Waals surface area contributed by atoms with Gasteiger partial charge in [0.25, 0.3) is 0 Å². The van der Waals surface area contributed by atoms with Crippen molar-refractivity contribution in [2.45, 2.75) is 38.5 Å². The number of aromatic amines is 1. The minimum absolute atomic E-state index is 0.0141. The maximum Gasteiger partial charge on any atom is 0.416 e. The van der Waals surface area contributed by atoms with Crippen LogP contribution in [-0.2, 0) is 35.1 Å². The molecule has 44 heavy (non-hydrogen) atoms. The first-order valence-electron chi connectivity index (χ1n) is 13.6. The molecule has 13 heteroatoms. The molecule has 0 radical (unpaired) electrons. The number of H-pyrrole nitrogens is 1. The Labute approximate surface area is 249 Å². The third-order valence-electron chi connectivity index (χ3n) is 7.57. The molecular formula is C31H28F3N6O4+. The highest BCUT2D eigenvalue weighted by Gasteiger charge is 2.41. The molecule has 10 nitrogen and oxygen atoms in total. The molecule has 226 valence electrons. The topological polar surface area (TPSA) is 128 Å². The number of ether oxygens (including phenoxy) is 1. The number of hydrogen-bond donors (Lipinski definition) is 2. The summed E-state index contributed by atoms with van der Waals surface area (Å²) in [5.41, 5.74) is 1.07. The third kappa shape index (κ3) is 5.59. The molecule has 4 aromatic rings. The Hall–Kier alpha value is -5.22. The number of allylic oxidation sites excluding steroid dienone is 1. The molecule has 0 bridgehead atoms. The van der Waals surface area contributed by atoms with Gasteiger partial charge in [-0.25, -0.2) is 23.8 Å². The maximum absolute atomic E-state index is 13.6. The summed E-state index contributed by atoms with van der Waals surface area (Å²) in [5, 5.41) is 25.7. The lowest BCUT2D eigenvalue weighted by Gasteiger charge is -2.36. The van der Waals surface area contributed by atoms with Crippen LogP contribution in [0.15, 0.2) is 82.9 Å². The monoisotopic (exact) mass is 605 g/mol. The number of benzene rings is 2. The van der Waals surface area contributed by atoms with E-state index in [2.05, 4.69) is 16.3 Å². The first-order chi connectivity index (χ1) is 21.1. The van der Waals surface area contributed by atoms with Gasteiger partial charge in [-0.15, -0.1) is 5.10 Å². The van der Waals surface area contributed by atoms with Crippen molar-refractivity contribution in [3.63, 3.8) is 0 Å². The third-order valence-corrected chi connectivity index (χ3v) is 7.57. The number of aliphatic hydroxyl groups excluding tert-OH is 1. The van der Waals surface area contributed by atoms with Gasteiger partial charge in [0.2, 0.25) is 5.95 Å². The van der Waals surface area contributed by atoms with E-state index in [1.165, 1.54) is 28.7 Å². The fraction of sp³-hybridized carbons (Fsp3) is 0.258. The quantitative estimate of drug-likeness (QED) is 0.232. The molecule has 0 saturated carbocycles. The molecule has 3 heterocycles. The standard InChI is InChI=1S/C31H27F3N6O4/c1-19-26(28(42)44-2)27(40-29(36-37-30(40)43)39(19)24-8-5-6-22(17-24)31(32,33)34)25-10-9-20(18-35)16-21(25)11-14-38-13-4-3-7-23(38)12-15-41/h3-10,13,16-17,27,41H,11-12,14-15H2,1-2H3/p+1. The smallest absolute Gasteiger partial charge is 0.416 e. The molecule has 1 aliphatic heterocycles. The van der Waals surface area contributed by atoms with Crippen LogP contribution in [0.4, 0.5) is 24.8 Å². The Morgan fingerprint density at radius 1 is 1.16 bits per heavy atom. The van der Waals surface area contributed by atoms with E-state index in [9.17, 15) is 33.1 Å². The van der Waals surface area contributed by atoms with Crippen molar-refractivity contribution in [1.29, 1.82) is 5.26 Å². The van der Waals surface area contributed by atoms with Gasteiger partial charge in [0, 0.05) is 29.9 Å². The van der Waals surface area contributed by atoms with E-state index in [0.29, 0.717) is 36.1 Å². The number of pyridine rings is 1. The lowest BCUT2D eigenvalue weighted by atomic mass is 9.89. The van der Waals surface area contributed by atoms with Crippen LogP contribution < -0.4 is 15.2 Å². The Morgan fingerprint density at radius 2 is 1.95 bits per heavy atom. The second-order valence-electron chi connectivity index (χ2n) is 10.1. The zero-order chi connectivity index (χ0) is 31.6. The number of hydrogen-bond acceptors (Lipinski definition) is 7. The number of aliphatic hydroxyl groups is 1. The minimum Gasteiger partial charge on any atom is -0.466 e. The second-order valence-corrected chi connectivity index (χ2v) is 10.1. The van der Waals surface area contributed by atoms with Crippen LogP contribution in [0.2, 0.25) is 0 Å². The van der Waals surface area contributed by atoms with Gasteiger partial charge in [0.1, 0.15) is 6.04 Å². The molecule has 0 spiro atoms. The summed E-state index contributed by atoms with van der Waals surface area (Å²) in [7, 11) is 1.18. The Morgan fingerprint density at radius 3 is 2.66 bits per heavy atom. The van der Waals surface area contributed by atoms with Crippen LogP contribution in [0, 0.1) is 11.3 Å². The van der Waals surface area contributed by atoms with Crippen LogP contribution in [0.3, 0.4) is 0 Å². The first kappa shape index (κ1) is 30.2. The summed E-state index contributed by atoms with van der Waals surface area (Å²) in [6.45, 7) is 1.96. The SMILES string of the molecule is COC(=O)C1=C(C)N(c2cccc(C(F)(F)F)c2)c2n[nH]c(=O)n2C1c1ccc(C#N)cc1CC[n+]1ccccc1CCO. The number of nitrogens with zero attached hydrogens (tertiary/aromatic N) is 5. The zero-order valence-corrected chi connectivity index (χ0v) is 23.8. The van der Waals surface area contributed by atoms with Crippen LogP contribution in [-0.4, -0.2) is 39.6 Å². The largest absolute Gasteiger partial charge is 0.466 e. The summed E-state index contributed by atoms with van der Waals surface area (Å²) in [5.74, 6) is -0.816. The Kier molecular flexibility index (Phi) is 8.37. The summed E-state index contributed by atoms with van der Waals surface area (Å²) in [4.78, 5) is 28.1. The molecule has 0 fully saturated rings. The van der Waals surface area contributed by atoms with Gasteiger partial charge >= 0.3 is 17.8 Å². The first-order valence-corrected chi connectivity index (χ1v) is 13.6. The van der Waals surface area contributed by atoms with Crippen molar-refractivity contribution in [2.24, 2.45) is 0 Å². The normalized spacial score (nSPS) is 14.8. The molecule has 2 aromatic carbocycles. The van der Waals surface area contributed by atoms with E-state index < -0.39 is 29.4 Å². The number of nitrogens with one attached hydrogen (secondary N) is 1. The van der Waals surface area contributed by atoms with Gasteiger partial charge in [0.15, 0.2) is 18.4 Å². The van der Waals surface area contributed by atoms with Gasteiger partial charge in [-0.1, -0.05) is 18.2 Å². The number of rotatable bonds is 8. The van der Waals surface area contributed by atoms with Crippen LogP contribution in [0.5, 0.6) is 0 Å². The molecule has 2 N–H and O–H groups in total. The van der Waals surface area contributed by atoms with E-state index in [-0.39, 0.29) is 29.5 Å². The van der Waals surface area contributed by atoms with Crippen molar-refractivity contribution < 1.29 is 32.4 Å². The van der Waals surface area contributed by atoms with Crippen molar-refractivity contribution >= 4 is 17.6 Å². The lowest BCUT2D eigenvalue weighted by molar-refractivity contribution is -0.703. The number of fused-ring (bicyclic) bond motifs is 1. The molecule has 1 aliphatic rings. The number of anilines is 2. The summed E-state index contributed by atoms with van der Waals surface area (Å²) < 4.78 is 49.2. The Balaban J connectivity index is 1.69. The van der Waals surface area contributed by atoms with E-state index in [1.54, 1.807) is 25.1 Å². The molecule has 0 saturated heterocycles. The van der Waals surface area contributed by atoms with E-state index >= 15 is 0 Å². The number of carbonyl (C=O) groups excluding carboxylic acids is 1. The van der Waals surface area contributed by atoms with E-state index in [0.717, 1.165) is 17.8 Å². The number of halogens is 3. The Bertz CT molecular complexity index is 1850. The van der Waals surface area contributed by atoms with Crippen LogP contribution in [0.25, 0.3) is 0 Å². The number of nitriles is 1. The van der Waals surface area contributed by atoms with Crippen molar-refractivity contribution in [2.75, 3.05) is 18.6 Å². The average Bonchev–Trinajstić information content (AvgIpc) is 3.39. The zero-order valence-electron chi connectivity index (χ0n) is 23.8. The minimum atomic E-state index is -4.63. The van der Waals surface area contributed by atoms with Crippen molar-refractivity contribution in [1.82, 2.24) is 14.8 Å². The summed E-state index contributed by atoms with van der Waals surface area (Å²) in [6.07, 6.45) is -1.95. The van der Waals surface area contributed by atoms with Crippen molar-refractivity contribution in [3.05, 3.63) is 117 Å². The number of methoxy groups -OCH3 is 1. The number of carbonyl (C=O) groups is 1. The second kappa shape index (κ2) is 12.2. The van der Waals surface area contributed by atoms with Gasteiger partial charge in [-0.3, -0.25) is 4.90 Å². The van der Waals surface area contributed by atoms with Crippen LogP contribution >= 0.6 is 0 Å². The highest BCUT2D eigenvalue weighted by atomic mass is 19.4. The molecular weight excluding hydrogens is 577 g/mol. The molecule has 0 aliphatic carbocycles. The summed E-state index contributed by atoms with van der Waals surface area (Å²) in [6, 6.07) is 16.1. The van der Waals surface area contributed by atoms with Gasteiger partial charge in [-0.05, 0) is 48.4 Å².